The van der Waals surface area contributed by atoms with Gasteiger partial charge >= 0.3 is 5.97 Å². The van der Waals surface area contributed by atoms with Crippen LogP contribution >= 0.6 is 0 Å². The molecule has 0 bridgehead atoms. The largest absolute Gasteiger partial charge is 0.475 e. The van der Waals surface area contributed by atoms with Crippen LogP contribution in [0.4, 0.5) is 0 Å². The number of amides is 1. The van der Waals surface area contributed by atoms with Gasteiger partial charge in [0.2, 0.25) is 5.76 Å². The number of morpholine rings is 1. The summed E-state index contributed by atoms with van der Waals surface area (Å²) in [5.74, 6) is -1.66. The van der Waals surface area contributed by atoms with Gasteiger partial charge in [-0.1, -0.05) is 0 Å². The first-order valence-corrected chi connectivity index (χ1v) is 5.74. The maximum atomic E-state index is 12.2. The van der Waals surface area contributed by atoms with Gasteiger partial charge in [0, 0.05) is 6.54 Å². The molecule has 0 radical (unpaired) electrons. The van der Waals surface area contributed by atoms with Crippen molar-refractivity contribution >= 4 is 11.9 Å². The fraction of sp³-hybridized carbons (Fsp3) is 0.500. The van der Waals surface area contributed by atoms with Crippen molar-refractivity contribution in [2.45, 2.75) is 26.0 Å². The molecule has 0 unspecified atom stereocenters. The van der Waals surface area contributed by atoms with Crippen LogP contribution in [-0.4, -0.2) is 47.2 Å². The van der Waals surface area contributed by atoms with E-state index in [2.05, 4.69) is 0 Å². The average molecular weight is 253 g/mol. The van der Waals surface area contributed by atoms with Crippen molar-refractivity contribution in [3.63, 3.8) is 0 Å². The lowest BCUT2D eigenvalue weighted by atomic mass is 10.2. The quantitative estimate of drug-likeness (QED) is 0.857. The molecule has 1 amide bonds. The zero-order valence-electron chi connectivity index (χ0n) is 10.3. The van der Waals surface area contributed by atoms with Crippen LogP contribution in [0.15, 0.2) is 16.5 Å². The molecule has 1 aliphatic heterocycles. The molecule has 2 heterocycles. The summed E-state index contributed by atoms with van der Waals surface area (Å²) >= 11 is 0. The standard InChI is InChI=1S/C12H15NO5/c1-7-6-17-8(2)5-13(7)11(14)9-3-4-10(18-9)12(15)16/h3-4,7-8H,5-6H2,1-2H3,(H,15,16)/t7-,8+/m0/s1. The molecule has 18 heavy (non-hydrogen) atoms. The monoisotopic (exact) mass is 253 g/mol. The van der Waals surface area contributed by atoms with Crippen LogP contribution in [0.3, 0.4) is 0 Å². The number of hydrogen-bond acceptors (Lipinski definition) is 4. The van der Waals surface area contributed by atoms with Crippen molar-refractivity contribution in [1.82, 2.24) is 4.90 Å². The Hall–Kier alpha value is -1.82. The van der Waals surface area contributed by atoms with E-state index in [0.29, 0.717) is 13.2 Å². The van der Waals surface area contributed by atoms with Gasteiger partial charge in [0.25, 0.3) is 5.91 Å². The van der Waals surface area contributed by atoms with Crippen LogP contribution in [0.5, 0.6) is 0 Å². The lowest BCUT2D eigenvalue weighted by Crippen LogP contribution is -2.50. The number of carbonyl (C=O) groups excluding carboxylic acids is 1. The van der Waals surface area contributed by atoms with Crippen LogP contribution in [0.25, 0.3) is 0 Å². The molecule has 1 aromatic rings. The normalized spacial score (nSPS) is 24.0. The van der Waals surface area contributed by atoms with E-state index in [9.17, 15) is 9.59 Å². The Bertz CT molecular complexity index is 467. The summed E-state index contributed by atoms with van der Waals surface area (Å²) in [7, 11) is 0. The van der Waals surface area contributed by atoms with E-state index in [0.717, 1.165) is 0 Å². The summed E-state index contributed by atoms with van der Waals surface area (Å²) < 4.78 is 10.4. The molecular formula is C12H15NO5. The third-order valence-electron chi connectivity index (χ3n) is 2.90. The minimum atomic E-state index is -1.18. The summed E-state index contributed by atoms with van der Waals surface area (Å²) in [5, 5.41) is 8.75. The number of aromatic carboxylic acids is 1. The Morgan fingerprint density at radius 2 is 2.00 bits per heavy atom. The first-order chi connectivity index (χ1) is 8.49. The zero-order valence-corrected chi connectivity index (χ0v) is 10.3. The highest BCUT2D eigenvalue weighted by Gasteiger charge is 2.30. The zero-order chi connectivity index (χ0) is 13.3. The summed E-state index contributed by atoms with van der Waals surface area (Å²) in [6.07, 6.45) is -0.0287. The van der Waals surface area contributed by atoms with Gasteiger partial charge in [-0.15, -0.1) is 0 Å². The van der Waals surface area contributed by atoms with Crippen LogP contribution < -0.4 is 0 Å². The van der Waals surface area contributed by atoms with Crippen LogP contribution in [-0.2, 0) is 4.74 Å². The highest BCUT2D eigenvalue weighted by molar-refractivity contribution is 5.93. The van der Waals surface area contributed by atoms with Gasteiger partial charge < -0.3 is 19.2 Å². The number of carbonyl (C=O) groups is 2. The molecule has 0 saturated carbocycles. The fourth-order valence-corrected chi connectivity index (χ4v) is 1.90. The van der Waals surface area contributed by atoms with Gasteiger partial charge in [-0.25, -0.2) is 4.79 Å². The van der Waals surface area contributed by atoms with Crippen LogP contribution in [0.1, 0.15) is 35.0 Å². The van der Waals surface area contributed by atoms with Crippen molar-refractivity contribution in [2.75, 3.05) is 13.2 Å². The average Bonchev–Trinajstić information content (AvgIpc) is 2.81. The van der Waals surface area contributed by atoms with Gasteiger partial charge in [-0.05, 0) is 26.0 Å². The molecule has 6 heteroatoms. The molecule has 2 rings (SSSR count). The van der Waals surface area contributed by atoms with Gasteiger partial charge in [0.15, 0.2) is 5.76 Å². The smallest absolute Gasteiger partial charge is 0.371 e. The van der Waals surface area contributed by atoms with Crippen molar-refractivity contribution in [3.8, 4) is 0 Å². The highest BCUT2D eigenvalue weighted by Crippen LogP contribution is 2.17. The number of carboxylic acid groups (broad SMARTS) is 1. The number of hydrogen-bond donors (Lipinski definition) is 1. The molecule has 1 aromatic heterocycles. The summed E-state index contributed by atoms with van der Waals surface area (Å²) in [6.45, 7) is 4.71. The summed E-state index contributed by atoms with van der Waals surface area (Å²) in [5.41, 5.74) is 0. The molecule has 0 spiro atoms. The fourth-order valence-electron chi connectivity index (χ4n) is 1.90. The topological polar surface area (TPSA) is 80.0 Å². The Morgan fingerprint density at radius 1 is 1.33 bits per heavy atom. The number of nitrogens with zero attached hydrogens (tertiary/aromatic N) is 1. The number of carboxylic acids is 1. The summed E-state index contributed by atoms with van der Waals surface area (Å²) in [6, 6.07) is 2.62. The Kier molecular flexibility index (Phi) is 3.38. The van der Waals surface area contributed by atoms with Gasteiger partial charge in [-0.3, -0.25) is 4.79 Å². The SMILES string of the molecule is C[C@@H]1CN(C(=O)c2ccc(C(=O)O)o2)[C@@H](C)CO1. The lowest BCUT2D eigenvalue weighted by molar-refractivity contribution is -0.0396. The van der Waals surface area contributed by atoms with Crippen LogP contribution in [0.2, 0.25) is 0 Å². The summed E-state index contributed by atoms with van der Waals surface area (Å²) in [4.78, 5) is 24.5. The molecule has 1 saturated heterocycles. The molecular weight excluding hydrogens is 238 g/mol. The van der Waals surface area contributed by atoms with Gasteiger partial charge in [0.05, 0.1) is 18.8 Å². The van der Waals surface area contributed by atoms with Crippen LogP contribution in [0, 0.1) is 0 Å². The van der Waals surface area contributed by atoms with Crippen molar-refractivity contribution in [1.29, 1.82) is 0 Å². The van der Waals surface area contributed by atoms with Gasteiger partial charge in [-0.2, -0.15) is 0 Å². The molecule has 2 atom stereocenters. The van der Waals surface area contributed by atoms with E-state index < -0.39 is 5.97 Å². The minimum Gasteiger partial charge on any atom is -0.475 e. The molecule has 6 nitrogen and oxygen atoms in total. The molecule has 1 aliphatic rings. The van der Waals surface area contributed by atoms with E-state index >= 15 is 0 Å². The molecule has 0 aliphatic carbocycles. The van der Waals surface area contributed by atoms with E-state index in [-0.39, 0.29) is 29.6 Å². The number of furan rings is 1. The maximum Gasteiger partial charge on any atom is 0.371 e. The van der Waals surface area contributed by atoms with E-state index in [1.165, 1.54) is 12.1 Å². The molecule has 0 aromatic carbocycles. The predicted molar refractivity (Wildman–Crippen MR) is 61.6 cm³/mol. The molecule has 1 N–H and O–H groups in total. The Morgan fingerprint density at radius 3 is 2.61 bits per heavy atom. The van der Waals surface area contributed by atoms with E-state index in [1.807, 2.05) is 13.8 Å². The minimum absolute atomic E-state index is 0.0287. The van der Waals surface area contributed by atoms with Crippen molar-refractivity contribution < 1.29 is 23.8 Å². The third kappa shape index (κ3) is 2.38. The second-order valence-corrected chi connectivity index (χ2v) is 4.42. The number of rotatable bonds is 2. The maximum absolute atomic E-state index is 12.2. The first kappa shape index (κ1) is 12.6. The molecule has 98 valence electrons. The second-order valence-electron chi connectivity index (χ2n) is 4.42. The van der Waals surface area contributed by atoms with Crippen molar-refractivity contribution in [2.24, 2.45) is 0 Å². The highest BCUT2D eigenvalue weighted by atomic mass is 16.5. The first-order valence-electron chi connectivity index (χ1n) is 5.74. The second kappa shape index (κ2) is 4.81. The molecule has 1 fully saturated rings. The Balaban J connectivity index is 2.16. The lowest BCUT2D eigenvalue weighted by Gasteiger charge is -2.36. The van der Waals surface area contributed by atoms with Gasteiger partial charge in [0.1, 0.15) is 0 Å². The number of ether oxygens (including phenoxy) is 1. The Labute approximate surface area is 104 Å². The van der Waals surface area contributed by atoms with E-state index in [1.54, 1.807) is 4.90 Å². The van der Waals surface area contributed by atoms with E-state index in [4.69, 9.17) is 14.3 Å². The third-order valence-corrected chi connectivity index (χ3v) is 2.90. The van der Waals surface area contributed by atoms with Crippen molar-refractivity contribution in [3.05, 3.63) is 23.7 Å². The predicted octanol–water partition coefficient (Wildman–Crippen LogP) is 1.23.